The SMILES string of the molecule is CN(C)CCn1c(=O)c2ccc3c4c(nn3CCN(C)C)c3ccc(N)cc3n(c1=O)c24.Cl.Cl.Cl. The number of pyridine rings is 1. The number of fused-ring (bicyclic) bond motifs is 3. The lowest BCUT2D eigenvalue weighted by Gasteiger charge is -2.16. The van der Waals surface area contributed by atoms with Gasteiger partial charge in [-0.1, -0.05) is 0 Å². The summed E-state index contributed by atoms with van der Waals surface area (Å²) < 4.78 is 4.93. The normalized spacial score (nSPS) is 11.5. The molecule has 0 aliphatic heterocycles. The molecule has 0 saturated carbocycles. The number of halogens is 3. The van der Waals surface area contributed by atoms with Crippen LogP contribution in [0, 0.1) is 0 Å². The molecule has 0 unspecified atom stereocenters. The van der Waals surface area contributed by atoms with Crippen LogP contribution >= 0.6 is 37.2 Å². The van der Waals surface area contributed by atoms with Gasteiger partial charge in [-0.05, 0) is 58.5 Å². The van der Waals surface area contributed by atoms with Crippen molar-refractivity contribution in [2.75, 3.05) is 47.0 Å². The van der Waals surface area contributed by atoms with E-state index >= 15 is 0 Å². The van der Waals surface area contributed by atoms with Gasteiger partial charge in [0.15, 0.2) is 0 Å². The molecule has 3 aromatic heterocycles. The number of nitrogens with zero attached hydrogens (tertiary/aromatic N) is 6. The number of anilines is 1. The number of benzene rings is 2. The topological polar surface area (TPSA) is 93.8 Å². The van der Waals surface area contributed by atoms with E-state index in [0.717, 1.165) is 28.4 Å². The van der Waals surface area contributed by atoms with Crippen molar-refractivity contribution < 1.29 is 0 Å². The quantitative estimate of drug-likeness (QED) is 0.201. The third-order valence-corrected chi connectivity index (χ3v) is 6.06. The fraction of sp³-hybridized carbons (Fsp3) is 0.348. The Kier molecular flexibility index (Phi) is 8.68. The molecule has 0 radical (unpaired) electrons. The Labute approximate surface area is 220 Å². The molecule has 0 fully saturated rings. The second kappa shape index (κ2) is 10.6. The maximum Gasteiger partial charge on any atom is 0.336 e. The summed E-state index contributed by atoms with van der Waals surface area (Å²) in [5.74, 6) is 0. The predicted octanol–water partition coefficient (Wildman–Crippen LogP) is 2.53. The predicted molar refractivity (Wildman–Crippen MR) is 151 cm³/mol. The highest BCUT2D eigenvalue weighted by Gasteiger charge is 2.22. The molecule has 2 aromatic carbocycles. The summed E-state index contributed by atoms with van der Waals surface area (Å²) in [6.45, 7) is 2.41. The van der Waals surface area contributed by atoms with Gasteiger partial charge in [-0.2, -0.15) is 5.10 Å². The van der Waals surface area contributed by atoms with E-state index < -0.39 is 0 Å². The van der Waals surface area contributed by atoms with E-state index in [0.29, 0.717) is 41.7 Å². The van der Waals surface area contributed by atoms with Gasteiger partial charge in [-0.25, -0.2) is 4.79 Å². The largest absolute Gasteiger partial charge is 0.399 e. The summed E-state index contributed by atoms with van der Waals surface area (Å²) in [6, 6.07) is 9.28. The molecule has 190 valence electrons. The van der Waals surface area contributed by atoms with Crippen molar-refractivity contribution in [3.63, 3.8) is 0 Å². The highest BCUT2D eigenvalue weighted by atomic mass is 35.5. The molecule has 0 saturated heterocycles. The third kappa shape index (κ3) is 4.54. The first-order valence-corrected chi connectivity index (χ1v) is 10.7. The van der Waals surface area contributed by atoms with Gasteiger partial charge in [0.05, 0.1) is 33.9 Å². The second-order valence-corrected chi connectivity index (χ2v) is 8.89. The summed E-state index contributed by atoms with van der Waals surface area (Å²) in [5.41, 5.74) is 9.01. The smallest absolute Gasteiger partial charge is 0.336 e. The van der Waals surface area contributed by atoms with Crippen molar-refractivity contribution in [2.45, 2.75) is 13.1 Å². The number of likely N-dealkylation sites (N-methyl/N-ethyl adjacent to an activating group) is 2. The average Bonchev–Trinajstić information content (AvgIpc) is 3.11. The Morgan fingerprint density at radius 3 is 2.14 bits per heavy atom. The van der Waals surface area contributed by atoms with Crippen molar-refractivity contribution in [3.8, 4) is 0 Å². The van der Waals surface area contributed by atoms with Crippen LogP contribution < -0.4 is 17.0 Å². The van der Waals surface area contributed by atoms with Crippen LogP contribution in [-0.2, 0) is 13.1 Å². The zero-order valence-corrected chi connectivity index (χ0v) is 22.5. The highest BCUT2D eigenvalue weighted by molar-refractivity contribution is 6.21. The van der Waals surface area contributed by atoms with E-state index in [4.69, 9.17) is 10.8 Å². The van der Waals surface area contributed by atoms with E-state index in [1.807, 2.05) is 62.0 Å². The van der Waals surface area contributed by atoms with Gasteiger partial charge in [-0.3, -0.25) is 18.4 Å². The minimum atomic E-state index is -0.351. The fourth-order valence-corrected chi connectivity index (χ4v) is 4.42. The molecule has 0 spiro atoms. The second-order valence-electron chi connectivity index (χ2n) is 8.89. The molecule has 5 aromatic rings. The molecule has 5 rings (SSSR count). The van der Waals surface area contributed by atoms with Gasteiger partial charge in [0, 0.05) is 30.7 Å². The van der Waals surface area contributed by atoms with Crippen molar-refractivity contribution in [1.29, 1.82) is 0 Å². The lowest BCUT2D eigenvalue weighted by Crippen LogP contribution is -2.40. The highest BCUT2D eigenvalue weighted by Crippen LogP contribution is 2.34. The van der Waals surface area contributed by atoms with E-state index in [-0.39, 0.29) is 48.5 Å². The summed E-state index contributed by atoms with van der Waals surface area (Å²) in [4.78, 5) is 31.1. The van der Waals surface area contributed by atoms with Crippen molar-refractivity contribution >= 4 is 81.1 Å². The van der Waals surface area contributed by atoms with Crippen LogP contribution in [0.5, 0.6) is 0 Å². The molecule has 12 heteroatoms. The van der Waals surface area contributed by atoms with Crippen LogP contribution in [0.1, 0.15) is 0 Å². The van der Waals surface area contributed by atoms with Crippen LogP contribution in [0.4, 0.5) is 5.69 Å². The van der Waals surface area contributed by atoms with Gasteiger partial charge in [0.25, 0.3) is 5.56 Å². The van der Waals surface area contributed by atoms with E-state index in [2.05, 4.69) is 4.90 Å². The Morgan fingerprint density at radius 2 is 1.49 bits per heavy atom. The lowest BCUT2D eigenvalue weighted by molar-refractivity contribution is 0.376. The van der Waals surface area contributed by atoms with E-state index in [1.54, 1.807) is 10.5 Å². The molecule has 2 N–H and O–H groups in total. The monoisotopic (exact) mass is 541 g/mol. The van der Waals surface area contributed by atoms with Crippen LogP contribution in [0.3, 0.4) is 0 Å². The van der Waals surface area contributed by atoms with E-state index in [1.165, 1.54) is 4.57 Å². The van der Waals surface area contributed by atoms with E-state index in [9.17, 15) is 9.59 Å². The molecule has 0 aliphatic rings. The molecular weight excluding hydrogens is 513 g/mol. The average molecular weight is 543 g/mol. The van der Waals surface area contributed by atoms with Crippen LogP contribution in [0.15, 0.2) is 39.9 Å². The van der Waals surface area contributed by atoms with Crippen LogP contribution in [-0.4, -0.2) is 69.8 Å². The standard InChI is InChI=1S/C23H27N7O2.3ClH/c1-26(2)9-11-28-22(31)16-7-8-17-19-20(25-29(17)12-10-27(3)4)15-6-5-14(24)13-18(15)30(21(16)19)23(28)32;;;/h5-8,13H,9-12,24H2,1-4H3;3*1H. The number of nitrogens with two attached hydrogens (primary N) is 1. The number of hydrogen-bond acceptors (Lipinski definition) is 6. The zero-order chi connectivity index (χ0) is 22.7. The van der Waals surface area contributed by atoms with Gasteiger partial charge in [0.2, 0.25) is 0 Å². The van der Waals surface area contributed by atoms with Crippen molar-refractivity contribution in [1.82, 2.24) is 28.5 Å². The Hall–Kier alpha value is -2.56. The number of aromatic nitrogens is 4. The minimum absolute atomic E-state index is 0. The number of nitrogen functional groups attached to an aromatic ring is 1. The van der Waals surface area contributed by atoms with Gasteiger partial charge < -0.3 is 15.5 Å². The molecular formula is C23H30Cl3N7O2. The first-order valence-electron chi connectivity index (χ1n) is 10.7. The van der Waals surface area contributed by atoms with Crippen LogP contribution in [0.2, 0.25) is 0 Å². The molecule has 0 bridgehead atoms. The number of rotatable bonds is 6. The Balaban J connectivity index is 0.00000144. The van der Waals surface area contributed by atoms with Gasteiger partial charge in [-0.15, -0.1) is 37.2 Å². The molecule has 0 aliphatic carbocycles. The fourth-order valence-electron chi connectivity index (χ4n) is 4.42. The number of hydrogen-bond donors (Lipinski definition) is 1. The minimum Gasteiger partial charge on any atom is -0.399 e. The maximum absolute atomic E-state index is 13.6. The Morgan fingerprint density at radius 1 is 0.857 bits per heavy atom. The molecule has 9 nitrogen and oxygen atoms in total. The Bertz CT molecular complexity index is 1600. The molecule has 3 heterocycles. The maximum atomic E-state index is 13.6. The first kappa shape index (κ1) is 28.7. The summed E-state index contributed by atoms with van der Waals surface area (Å²) in [5, 5.41) is 7.10. The zero-order valence-electron chi connectivity index (χ0n) is 20.0. The summed E-state index contributed by atoms with van der Waals surface area (Å²) in [7, 11) is 7.88. The van der Waals surface area contributed by atoms with Gasteiger partial charge in [0.1, 0.15) is 5.52 Å². The van der Waals surface area contributed by atoms with Crippen LogP contribution in [0.25, 0.3) is 38.2 Å². The van der Waals surface area contributed by atoms with Crippen molar-refractivity contribution in [3.05, 3.63) is 51.2 Å². The molecule has 0 amide bonds. The first-order chi connectivity index (χ1) is 15.3. The van der Waals surface area contributed by atoms with Gasteiger partial charge >= 0.3 is 5.69 Å². The lowest BCUT2D eigenvalue weighted by atomic mass is 10.1. The van der Waals surface area contributed by atoms with Crippen molar-refractivity contribution in [2.24, 2.45) is 0 Å². The molecule has 35 heavy (non-hydrogen) atoms. The summed E-state index contributed by atoms with van der Waals surface area (Å²) >= 11 is 0. The molecule has 0 atom stereocenters. The summed E-state index contributed by atoms with van der Waals surface area (Å²) in [6.07, 6.45) is 0. The third-order valence-electron chi connectivity index (χ3n) is 6.06.